The first-order valence-electron chi connectivity index (χ1n) is 11.1. The van der Waals surface area contributed by atoms with Gasteiger partial charge in [0.1, 0.15) is 18.1 Å². The highest BCUT2D eigenvalue weighted by Crippen LogP contribution is 2.42. The predicted octanol–water partition coefficient (Wildman–Crippen LogP) is 5.66. The first-order chi connectivity index (χ1) is 16.8. The van der Waals surface area contributed by atoms with Crippen molar-refractivity contribution in [2.75, 3.05) is 27.9 Å². The first-order valence-corrected chi connectivity index (χ1v) is 11.5. The van der Waals surface area contributed by atoms with E-state index < -0.39 is 12.0 Å². The van der Waals surface area contributed by atoms with Crippen molar-refractivity contribution in [3.05, 3.63) is 101 Å². The van der Waals surface area contributed by atoms with Gasteiger partial charge in [0, 0.05) is 35.2 Å². The molecule has 0 radical (unpaired) electrons. The number of likely N-dealkylation sites (tertiary alicyclic amines) is 1. The van der Waals surface area contributed by atoms with E-state index in [-0.39, 0.29) is 12.0 Å². The van der Waals surface area contributed by atoms with Gasteiger partial charge in [-0.3, -0.25) is 14.5 Å². The van der Waals surface area contributed by atoms with E-state index in [0.717, 1.165) is 23.0 Å². The minimum absolute atomic E-state index is 0.0188. The van der Waals surface area contributed by atoms with Crippen LogP contribution >= 0.6 is 11.6 Å². The number of hydrogen-bond donors (Lipinski definition) is 1. The van der Waals surface area contributed by atoms with Crippen molar-refractivity contribution >= 4 is 29.4 Å². The summed E-state index contributed by atoms with van der Waals surface area (Å²) in [5.41, 5.74) is 3.41. The number of halogens is 1. The number of hydrogen-bond acceptors (Lipinski definition) is 5. The predicted molar refractivity (Wildman–Crippen MR) is 140 cm³/mol. The molecule has 1 saturated heterocycles. The monoisotopic (exact) mass is 497 g/mol. The molecule has 1 N–H and O–H groups in total. The molecular formula is C28H32ClNO5. The van der Waals surface area contributed by atoms with Gasteiger partial charge in [-0.25, -0.2) is 0 Å². The Kier molecular flexibility index (Phi) is 10.9. The number of rotatable bonds is 9. The molecule has 186 valence electrons. The number of ether oxygens (including phenoxy) is 2. The van der Waals surface area contributed by atoms with Gasteiger partial charge in [-0.15, -0.1) is 0 Å². The quantitative estimate of drug-likeness (QED) is 0.273. The fourth-order valence-corrected chi connectivity index (χ4v) is 4.60. The van der Waals surface area contributed by atoms with Crippen LogP contribution in [0.15, 0.2) is 79.6 Å². The fraction of sp³-hybridized carbons (Fsp3) is 0.286. The Hall–Kier alpha value is -3.19. The molecule has 2 aromatic rings. The molecule has 7 heteroatoms. The number of aldehydes is 1. The summed E-state index contributed by atoms with van der Waals surface area (Å²) in [7, 11) is 5.06. The molecule has 2 aromatic carbocycles. The average Bonchev–Trinajstić information content (AvgIpc) is 3.19. The highest BCUT2D eigenvalue weighted by atomic mass is 35.5. The van der Waals surface area contributed by atoms with Gasteiger partial charge < -0.3 is 14.6 Å². The van der Waals surface area contributed by atoms with E-state index >= 15 is 0 Å². The van der Waals surface area contributed by atoms with Crippen LogP contribution in [0.4, 0.5) is 0 Å². The van der Waals surface area contributed by atoms with Gasteiger partial charge in [0.2, 0.25) is 0 Å². The third kappa shape index (κ3) is 6.92. The molecular weight excluding hydrogens is 466 g/mol. The maximum atomic E-state index is 11.3. The Morgan fingerprint density at radius 1 is 1.14 bits per heavy atom. The SMILES string of the molecule is C=C/C(OC)=C(\C=C)c1ccc(C=O)cc1.COCC1CC(C(=O)O)N(C)C1c1ccccc1Cl. The number of nitrogens with zero attached hydrogens (tertiary/aromatic N) is 1. The van der Waals surface area contributed by atoms with Gasteiger partial charge >= 0.3 is 5.97 Å². The van der Waals surface area contributed by atoms with Crippen LogP contribution in [0.2, 0.25) is 5.02 Å². The third-order valence-electron chi connectivity index (χ3n) is 6.03. The number of benzene rings is 2. The van der Waals surface area contributed by atoms with Crippen LogP contribution in [0, 0.1) is 5.92 Å². The van der Waals surface area contributed by atoms with E-state index in [9.17, 15) is 14.7 Å². The Bertz CT molecular complexity index is 1060. The Morgan fingerprint density at radius 2 is 1.80 bits per heavy atom. The van der Waals surface area contributed by atoms with E-state index in [2.05, 4.69) is 13.2 Å². The molecule has 1 fully saturated rings. The van der Waals surface area contributed by atoms with E-state index in [1.54, 1.807) is 38.5 Å². The van der Waals surface area contributed by atoms with E-state index in [0.29, 0.717) is 29.4 Å². The first kappa shape index (κ1) is 28.1. The summed E-state index contributed by atoms with van der Waals surface area (Å²) in [6, 6.07) is 14.3. The minimum atomic E-state index is -0.793. The second-order valence-corrected chi connectivity index (χ2v) is 8.47. The Morgan fingerprint density at radius 3 is 2.29 bits per heavy atom. The summed E-state index contributed by atoms with van der Waals surface area (Å²) in [4.78, 5) is 23.7. The van der Waals surface area contributed by atoms with Crippen molar-refractivity contribution in [3.8, 4) is 0 Å². The molecule has 6 nitrogen and oxygen atoms in total. The zero-order chi connectivity index (χ0) is 26.0. The van der Waals surface area contributed by atoms with Crippen LogP contribution in [0.3, 0.4) is 0 Å². The number of carboxylic acid groups (broad SMARTS) is 1. The zero-order valence-electron chi connectivity index (χ0n) is 20.3. The number of methoxy groups -OCH3 is 2. The van der Waals surface area contributed by atoms with Gasteiger partial charge in [0.25, 0.3) is 0 Å². The number of carbonyl (C=O) groups is 2. The zero-order valence-corrected chi connectivity index (χ0v) is 21.1. The summed E-state index contributed by atoms with van der Waals surface area (Å²) in [5, 5.41) is 9.96. The van der Waals surface area contributed by atoms with Crippen LogP contribution in [-0.4, -0.2) is 56.2 Å². The number of likely N-dealkylation sites (N-methyl/N-ethyl adjacent to an activating group) is 1. The van der Waals surface area contributed by atoms with Crippen molar-refractivity contribution in [2.45, 2.75) is 18.5 Å². The summed E-state index contributed by atoms with van der Waals surface area (Å²) in [6.45, 7) is 7.95. The fourth-order valence-electron chi connectivity index (χ4n) is 4.35. The summed E-state index contributed by atoms with van der Waals surface area (Å²) >= 11 is 6.25. The lowest BCUT2D eigenvalue weighted by atomic mass is 9.94. The second kappa shape index (κ2) is 13.6. The smallest absolute Gasteiger partial charge is 0.320 e. The molecule has 1 aliphatic rings. The van der Waals surface area contributed by atoms with Crippen molar-refractivity contribution < 1.29 is 24.2 Å². The maximum absolute atomic E-state index is 11.3. The molecule has 1 aliphatic heterocycles. The number of carboxylic acids is 1. The molecule has 0 aromatic heterocycles. The molecule has 0 aliphatic carbocycles. The number of carbonyl (C=O) groups excluding carboxylic acids is 1. The average molecular weight is 498 g/mol. The third-order valence-corrected chi connectivity index (χ3v) is 6.37. The summed E-state index contributed by atoms with van der Waals surface area (Å²) in [5.74, 6) is 0.00279. The Labute approximate surface area is 212 Å². The largest absolute Gasteiger partial charge is 0.496 e. The van der Waals surface area contributed by atoms with Crippen LogP contribution in [-0.2, 0) is 14.3 Å². The van der Waals surface area contributed by atoms with E-state index in [1.165, 1.54) is 0 Å². The molecule has 0 bridgehead atoms. The lowest BCUT2D eigenvalue weighted by Gasteiger charge is -2.27. The highest BCUT2D eigenvalue weighted by molar-refractivity contribution is 6.31. The maximum Gasteiger partial charge on any atom is 0.320 e. The van der Waals surface area contributed by atoms with Crippen molar-refractivity contribution in [1.29, 1.82) is 0 Å². The molecule has 0 saturated carbocycles. The number of allylic oxidation sites excluding steroid dienone is 3. The van der Waals surface area contributed by atoms with Gasteiger partial charge in [0.05, 0.1) is 13.7 Å². The van der Waals surface area contributed by atoms with Crippen LogP contribution < -0.4 is 0 Å². The van der Waals surface area contributed by atoms with Crippen LogP contribution in [0.25, 0.3) is 5.57 Å². The van der Waals surface area contributed by atoms with Crippen molar-refractivity contribution in [2.24, 2.45) is 5.92 Å². The highest BCUT2D eigenvalue weighted by Gasteiger charge is 2.43. The lowest BCUT2D eigenvalue weighted by molar-refractivity contribution is -0.142. The van der Waals surface area contributed by atoms with Gasteiger partial charge in [-0.1, -0.05) is 73.3 Å². The molecule has 1 heterocycles. The summed E-state index contributed by atoms with van der Waals surface area (Å²) < 4.78 is 10.4. The summed E-state index contributed by atoms with van der Waals surface area (Å²) in [6.07, 6.45) is 4.72. The Balaban J connectivity index is 0.000000251. The minimum Gasteiger partial charge on any atom is -0.496 e. The van der Waals surface area contributed by atoms with Gasteiger partial charge in [-0.05, 0) is 36.7 Å². The topological polar surface area (TPSA) is 76.1 Å². The number of aliphatic carboxylic acids is 1. The normalized spacial score (nSPS) is 20.2. The molecule has 0 spiro atoms. The second-order valence-electron chi connectivity index (χ2n) is 8.07. The molecule has 3 unspecified atom stereocenters. The van der Waals surface area contributed by atoms with Gasteiger partial charge in [0.15, 0.2) is 0 Å². The van der Waals surface area contributed by atoms with Crippen molar-refractivity contribution in [1.82, 2.24) is 4.90 Å². The molecule has 3 atom stereocenters. The molecule has 35 heavy (non-hydrogen) atoms. The molecule has 3 rings (SSSR count). The standard InChI is InChI=1S/C14H18ClNO3.C14H14O2/c1-16-12(14(17)18)7-9(8-19-2)13(16)10-5-3-4-6-11(10)15;1-4-13(14(5-2)16-3)12-8-6-11(10-15)7-9-12/h3-6,9,12-13H,7-8H2,1-2H3,(H,17,18);4-10H,1-2H2,3H3/b;14-13-. The van der Waals surface area contributed by atoms with Crippen molar-refractivity contribution in [3.63, 3.8) is 0 Å². The van der Waals surface area contributed by atoms with Crippen LogP contribution in [0.5, 0.6) is 0 Å². The lowest BCUT2D eigenvalue weighted by Crippen LogP contribution is -2.34. The van der Waals surface area contributed by atoms with E-state index in [1.807, 2.05) is 48.3 Å². The van der Waals surface area contributed by atoms with Crippen LogP contribution in [0.1, 0.15) is 33.9 Å². The van der Waals surface area contributed by atoms with E-state index in [4.69, 9.17) is 21.1 Å². The van der Waals surface area contributed by atoms with Gasteiger partial charge in [-0.2, -0.15) is 0 Å². The molecule has 0 amide bonds.